The number of nitro benzene ring substituents is 1. The monoisotopic (exact) mass is 713 g/mol. The van der Waals surface area contributed by atoms with E-state index in [9.17, 15) is 52.0 Å². The lowest BCUT2D eigenvalue weighted by Gasteiger charge is -2.49. The Hall–Kier alpha value is -5.31. The van der Waals surface area contributed by atoms with Crippen LogP contribution < -0.4 is 14.5 Å². The summed E-state index contributed by atoms with van der Waals surface area (Å²) in [6.07, 6.45) is -3.65. The van der Waals surface area contributed by atoms with Crippen molar-refractivity contribution in [2.45, 2.75) is 32.0 Å². The molecule has 2 heterocycles. The van der Waals surface area contributed by atoms with Crippen molar-refractivity contribution >= 4 is 52.3 Å². The van der Waals surface area contributed by atoms with Gasteiger partial charge in [0.2, 0.25) is 23.6 Å². The third-order valence-electron chi connectivity index (χ3n) is 10.3. The van der Waals surface area contributed by atoms with Crippen LogP contribution in [-0.4, -0.2) is 40.0 Å². The van der Waals surface area contributed by atoms with Gasteiger partial charge in [0, 0.05) is 23.6 Å². The molecule has 2 aliphatic heterocycles. The van der Waals surface area contributed by atoms with Crippen LogP contribution in [0, 0.1) is 45.0 Å². The topological polar surface area (TPSA) is 147 Å². The average Bonchev–Trinajstić information content (AvgIpc) is 3.42. The molecule has 6 atom stereocenters. The van der Waals surface area contributed by atoms with E-state index in [4.69, 9.17) is 11.6 Å². The molecule has 0 radical (unpaired) electrons. The summed E-state index contributed by atoms with van der Waals surface area (Å²) in [6, 6.07) is 10.8. The van der Waals surface area contributed by atoms with Crippen LogP contribution >= 0.6 is 11.6 Å². The van der Waals surface area contributed by atoms with Gasteiger partial charge in [0.25, 0.3) is 5.69 Å². The number of non-ortho nitro benzene ring substituents is 1. The number of benzene rings is 3. The van der Waals surface area contributed by atoms with Crippen LogP contribution in [0.15, 0.2) is 72.3 Å². The quantitative estimate of drug-likeness (QED) is 0.105. The minimum absolute atomic E-state index is 0.0271. The number of nitro groups is 1. The predicted octanol–water partition coefficient (Wildman–Crippen LogP) is 6.43. The van der Waals surface area contributed by atoms with Gasteiger partial charge in [0.15, 0.2) is 0 Å². The van der Waals surface area contributed by atoms with Crippen molar-refractivity contribution in [3.8, 4) is 11.5 Å². The maximum absolute atomic E-state index is 14.5. The number of phenols is 1. The molecule has 50 heavy (non-hydrogen) atoms. The second-order valence-corrected chi connectivity index (χ2v) is 13.2. The molecule has 7 rings (SSSR count). The number of amides is 4. The van der Waals surface area contributed by atoms with Crippen molar-refractivity contribution in [3.63, 3.8) is 0 Å². The summed E-state index contributed by atoms with van der Waals surface area (Å²) in [7, 11) is 0. The van der Waals surface area contributed by atoms with Gasteiger partial charge in [-0.2, -0.15) is 0 Å². The minimum atomic E-state index is -5.11. The maximum atomic E-state index is 14.5. The molecule has 11 nitrogen and oxygen atoms in total. The number of imide groups is 2. The highest BCUT2D eigenvalue weighted by Gasteiger charge is 2.68. The molecule has 4 aliphatic rings. The van der Waals surface area contributed by atoms with Crippen molar-refractivity contribution in [1.29, 1.82) is 0 Å². The number of hydrogen-bond donors (Lipinski definition) is 1. The molecule has 1 saturated carbocycles. The summed E-state index contributed by atoms with van der Waals surface area (Å²) in [5.41, 5.74) is -1.83. The molecular weight excluding hydrogens is 690 g/mol. The molecule has 2 saturated heterocycles. The van der Waals surface area contributed by atoms with E-state index in [2.05, 4.69) is 4.74 Å². The number of allylic oxidation sites excluding steroid dienone is 2. The van der Waals surface area contributed by atoms with E-state index in [1.807, 2.05) is 0 Å². The zero-order valence-corrected chi connectivity index (χ0v) is 26.4. The highest BCUT2D eigenvalue weighted by molar-refractivity contribution is 6.32. The Labute approximate surface area is 284 Å². The van der Waals surface area contributed by atoms with Crippen LogP contribution in [0.1, 0.15) is 31.2 Å². The highest BCUT2D eigenvalue weighted by Crippen LogP contribution is 2.64. The first-order chi connectivity index (χ1) is 23.5. The Bertz CT molecular complexity index is 2050. The first-order valence-electron chi connectivity index (χ1n) is 15.3. The molecule has 3 fully saturated rings. The summed E-state index contributed by atoms with van der Waals surface area (Å²) in [5, 5.41) is 21.9. The minimum Gasteiger partial charge on any atom is -0.508 e. The third kappa shape index (κ3) is 4.93. The van der Waals surface area contributed by atoms with E-state index in [1.165, 1.54) is 25.1 Å². The van der Waals surface area contributed by atoms with E-state index >= 15 is 0 Å². The van der Waals surface area contributed by atoms with Crippen LogP contribution in [-0.2, 0) is 19.2 Å². The lowest BCUT2D eigenvalue weighted by molar-refractivity contribution is -0.384. The number of ether oxygens (including phenoxy) is 1. The number of alkyl halides is 3. The van der Waals surface area contributed by atoms with Gasteiger partial charge >= 0.3 is 6.36 Å². The number of carbonyl (C=O) groups excluding carboxylic acids is 4. The summed E-state index contributed by atoms with van der Waals surface area (Å²) in [5.74, 6) is -10.3. The molecular formula is C34H24ClF4N3O8. The fourth-order valence-electron chi connectivity index (χ4n) is 8.17. The Morgan fingerprint density at radius 2 is 1.62 bits per heavy atom. The second kappa shape index (κ2) is 11.4. The normalized spacial score (nSPS) is 27.6. The zero-order chi connectivity index (χ0) is 36.0. The lowest BCUT2D eigenvalue weighted by Crippen LogP contribution is -2.49. The largest absolute Gasteiger partial charge is 0.573 e. The molecule has 6 unspecified atom stereocenters. The van der Waals surface area contributed by atoms with Crippen LogP contribution in [0.25, 0.3) is 0 Å². The maximum Gasteiger partial charge on any atom is 0.573 e. The van der Waals surface area contributed by atoms with Crippen molar-refractivity contribution in [1.82, 2.24) is 0 Å². The number of fused-ring (bicyclic) bond motifs is 4. The first kappa shape index (κ1) is 33.2. The van der Waals surface area contributed by atoms with Gasteiger partial charge in [0.1, 0.15) is 17.3 Å². The molecule has 4 amide bonds. The molecule has 3 aromatic rings. The molecule has 16 heteroatoms. The smallest absolute Gasteiger partial charge is 0.508 e. The third-order valence-corrected chi connectivity index (χ3v) is 10.6. The van der Waals surface area contributed by atoms with Gasteiger partial charge in [-0.25, -0.2) is 9.29 Å². The van der Waals surface area contributed by atoms with Crippen molar-refractivity contribution < 1.29 is 51.5 Å². The number of hydrogen-bond acceptors (Lipinski definition) is 8. The Kier molecular flexibility index (Phi) is 7.55. The van der Waals surface area contributed by atoms with Crippen molar-refractivity contribution in [3.05, 3.63) is 98.8 Å². The fraction of sp³-hybridized carbons (Fsp3) is 0.294. The highest BCUT2D eigenvalue weighted by atomic mass is 35.5. The Balaban J connectivity index is 1.37. The SMILES string of the molecule is CC12C(=O)N(c3ccc(F)c(Cl)c3)C(=O)C1CC1C(=CCC3C(=O)N(c4ccc([N+](=O)[O-])cc4)C(=O)C31)C2c1cc(OC(F)(F)F)ccc1O. The molecule has 0 spiro atoms. The van der Waals surface area contributed by atoms with Crippen molar-refractivity contribution in [2.24, 2.45) is 29.1 Å². The fourth-order valence-corrected chi connectivity index (χ4v) is 8.34. The Morgan fingerprint density at radius 1 is 0.940 bits per heavy atom. The molecule has 1 N–H and O–H groups in total. The van der Waals surface area contributed by atoms with Gasteiger partial charge in [-0.15, -0.1) is 13.2 Å². The van der Waals surface area contributed by atoms with Gasteiger partial charge in [-0.3, -0.25) is 34.2 Å². The lowest BCUT2D eigenvalue weighted by atomic mass is 9.51. The molecule has 2 aliphatic carbocycles. The Morgan fingerprint density at radius 3 is 2.26 bits per heavy atom. The van der Waals surface area contributed by atoms with Gasteiger partial charge in [0.05, 0.1) is 44.5 Å². The number of aromatic hydroxyl groups is 1. The van der Waals surface area contributed by atoms with Crippen molar-refractivity contribution in [2.75, 3.05) is 9.80 Å². The summed E-state index contributed by atoms with van der Waals surface area (Å²) >= 11 is 5.99. The molecule has 0 aromatic heterocycles. The number of carbonyl (C=O) groups is 4. The van der Waals surface area contributed by atoms with E-state index in [0.717, 1.165) is 52.3 Å². The molecule has 258 valence electrons. The van der Waals surface area contributed by atoms with Crippen LogP contribution in [0.4, 0.5) is 34.6 Å². The van der Waals surface area contributed by atoms with Gasteiger partial charge < -0.3 is 9.84 Å². The average molecular weight is 714 g/mol. The summed E-state index contributed by atoms with van der Waals surface area (Å²) in [4.78, 5) is 68.9. The number of anilines is 2. The van der Waals surface area contributed by atoms with E-state index in [1.54, 1.807) is 6.08 Å². The summed E-state index contributed by atoms with van der Waals surface area (Å²) in [6.45, 7) is 1.44. The second-order valence-electron chi connectivity index (χ2n) is 12.8. The predicted molar refractivity (Wildman–Crippen MR) is 166 cm³/mol. The van der Waals surface area contributed by atoms with Gasteiger partial charge in [-0.1, -0.05) is 23.3 Å². The van der Waals surface area contributed by atoms with Crippen LogP contribution in [0.2, 0.25) is 5.02 Å². The van der Waals surface area contributed by atoms with E-state index in [0.29, 0.717) is 5.57 Å². The number of rotatable bonds is 5. The molecule has 0 bridgehead atoms. The number of phenolic OH excluding ortho intramolecular Hbond substituents is 1. The van der Waals surface area contributed by atoms with E-state index < -0.39 is 87.2 Å². The van der Waals surface area contributed by atoms with E-state index in [-0.39, 0.29) is 40.5 Å². The molecule has 3 aromatic carbocycles. The summed E-state index contributed by atoms with van der Waals surface area (Å²) < 4.78 is 58.1. The zero-order valence-electron chi connectivity index (χ0n) is 25.7. The number of halogens is 5. The van der Waals surface area contributed by atoms with Crippen LogP contribution in [0.3, 0.4) is 0 Å². The number of nitrogens with zero attached hydrogens (tertiary/aromatic N) is 3. The first-order valence-corrected chi connectivity index (χ1v) is 15.6. The van der Waals surface area contributed by atoms with Crippen LogP contribution in [0.5, 0.6) is 11.5 Å². The standard InChI is InChI=1S/C34H24ClF4N3O8/c1-33-23(30(45)41(32(33)47)17-6-10-25(36)24(35)12-17)14-21-19(28(33)22-13-18(7-11-26(22)43)50-34(37,38)39)8-9-20-27(21)31(46)40(29(20)44)15-2-4-16(5-3-15)42(48)49/h2-8,10-13,20-21,23,27-28,43H,9,14H2,1H3. The van der Waals surface area contributed by atoms with Gasteiger partial charge in [-0.05, 0) is 74.2 Å².